The van der Waals surface area contributed by atoms with Crippen LogP contribution in [0.1, 0.15) is 18.5 Å². The first kappa shape index (κ1) is 13.0. The predicted octanol–water partition coefficient (Wildman–Crippen LogP) is 2.67. The van der Waals surface area contributed by atoms with Gasteiger partial charge in [0.25, 0.3) is 0 Å². The molecule has 0 aliphatic rings. The number of nitrogens with one attached hydrogen (secondary N) is 1. The zero-order valence-corrected chi connectivity index (χ0v) is 10.8. The third-order valence-electron chi connectivity index (χ3n) is 2.82. The van der Waals surface area contributed by atoms with Crippen LogP contribution in [0.5, 0.6) is 17.4 Å². The van der Waals surface area contributed by atoms with Gasteiger partial charge in [0.15, 0.2) is 0 Å². The van der Waals surface area contributed by atoms with Gasteiger partial charge in [-0.3, -0.25) is 0 Å². The van der Waals surface area contributed by atoms with Crippen LogP contribution in [-0.2, 0) is 0 Å². The van der Waals surface area contributed by atoms with Crippen LogP contribution in [-0.4, -0.2) is 22.3 Å². The molecule has 3 N–H and O–H groups in total. The van der Waals surface area contributed by atoms with Crippen molar-refractivity contribution in [2.45, 2.75) is 13.0 Å². The number of rotatable bonds is 4. The van der Waals surface area contributed by atoms with Crippen molar-refractivity contribution in [3.05, 3.63) is 42.1 Å². The number of nitrogens with zero attached hydrogens (tertiary/aromatic N) is 1. The number of methoxy groups -OCH3 is 1. The summed E-state index contributed by atoms with van der Waals surface area (Å²) in [6.45, 7) is 1.90. The summed E-state index contributed by atoms with van der Waals surface area (Å²) < 4.78 is 5.16. The fraction of sp³-hybridized carbons (Fsp3) is 0.214. The summed E-state index contributed by atoms with van der Waals surface area (Å²) in [7, 11) is 1.55. The molecule has 0 amide bonds. The minimum atomic E-state index is -0.154. The van der Waals surface area contributed by atoms with E-state index in [1.165, 1.54) is 12.1 Å². The van der Waals surface area contributed by atoms with Crippen molar-refractivity contribution in [2.75, 3.05) is 12.4 Å². The number of hydrogen-bond acceptors (Lipinski definition) is 5. The maximum Gasteiger partial charge on any atom is 0.237 e. The van der Waals surface area contributed by atoms with Crippen molar-refractivity contribution in [2.24, 2.45) is 0 Å². The van der Waals surface area contributed by atoms with Crippen molar-refractivity contribution in [1.82, 2.24) is 4.98 Å². The maximum atomic E-state index is 9.82. The molecule has 5 heteroatoms. The predicted molar refractivity (Wildman–Crippen MR) is 72.6 cm³/mol. The van der Waals surface area contributed by atoms with E-state index in [0.29, 0.717) is 11.4 Å². The summed E-state index contributed by atoms with van der Waals surface area (Å²) in [5.41, 5.74) is 1.42. The Labute approximate surface area is 111 Å². The standard InChI is InChI=1S/C14H16N2O3/c1-9(11-6-5-10(17)8-13(11)18)16-12-4-3-7-15-14(12)19-2/h3-9,16-18H,1-2H3. The molecule has 0 aliphatic carbocycles. The molecule has 0 saturated carbocycles. The van der Waals surface area contributed by atoms with Crippen LogP contribution in [0.15, 0.2) is 36.5 Å². The molecule has 0 spiro atoms. The number of ether oxygens (including phenoxy) is 1. The summed E-state index contributed by atoms with van der Waals surface area (Å²) >= 11 is 0. The molecule has 1 atom stereocenters. The second-order valence-corrected chi connectivity index (χ2v) is 4.17. The highest BCUT2D eigenvalue weighted by atomic mass is 16.5. The Kier molecular flexibility index (Phi) is 3.75. The number of phenols is 2. The van der Waals surface area contributed by atoms with E-state index in [1.54, 1.807) is 25.4 Å². The first-order valence-corrected chi connectivity index (χ1v) is 5.89. The lowest BCUT2D eigenvalue weighted by Gasteiger charge is -2.18. The smallest absolute Gasteiger partial charge is 0.237 e. The van der Waals surface area contributed by atoms with E-state index in [9.17, 15) is 10.2 Å². The number of anilines is 1. The third kappa shape index (κ3) is 2.88. The van der Waals surface area contributed by atoms with E-state index in [4.69, 9.17) is 4.74 Å². The molecule has 1 unspecified atom stereocenters. The molecule has 100 valence electrons. The Balaban J connectivity index is 2.23. The highest BCUT2D eigenvalue weighted by Gasteiger charge is 2.13. The average Bonchev–Trinajstić information content (AvgIpc) is 2.39. The molecule has 0 fully saturated rings. The maximum absolute atomic E-state index is 9.82. The molecule has 5 nitrogen and oxygen atoms in total. The van der Waals surface area contributed by atoms with Gasteiger partial charge in [-0.15, -0.1) is 0 Å². The molecule has 1 aromatic carbocycles. The van der Waals surface area contributed by atoms with Gasteiger partial charge in [-0.05, 0) is 31.2 Å². The monoisotopic (exact) mass is 260 g/mol. The van der Waals surface area contributed by atoms with E-state index in [-0.39, 0.29) is 17.5 Å². The summed E-state index contributed by atoms with van der Waals surface area (Å²) in [6.07, 6.45) is 1.65. The van der Waals surface area contributed by atoms with Crippen LogP contribution in [0, 0.1) is 0 Å². The first-order chi connectivity index (χ1) is 9.11. The van der Waals surface area contributed by atoms with Crippen LogP contribution in [0.25, 0.3) is 0 Å². The van der Waals surface area contributed by atoms with E-state index < -0.39 is 0 Å². The van der Waals surface area contributed by atoms with Gasteiger partial charge in [-0.25, -0.2) is 4.98 Å². The molecule has 1 aromatic heterocycles. The first-order valence-electron chi connectivity index (χ1n) is 5.89. The van der Waals surface area contributed by atoms with Crippen LogP contribution in [0.2, 0.25) is 0 Å². The van der Waals surface area contributed by atoms with Gasteiger partial charge < -0.3 is 20.3 Å². The molecule has 19 heavy (non-hydrogen) atoms. The summed E-state index contributed by atoms with van der Waals surface area (Å²) in [4.78, 5) is 4.09. The summed E-state index contributed by atoms with van der Waals surface area (Å²) in [6, 6.07) is 8.01. The minimum Gasteiger partial charge on any atom is -0.508 e. The average molecular weight is 260 g/mol. The van der Waals surface area contributed by atoms with Gasteiger partial charge in [-0.2, -0.15) is 0 Å². The highest BCUT2D eigenvalue weighted by molar-refractivity contribution is 5.54. The number of benzene rings is 1. The van der Waals surface area contributed by atoms with E-state index >= 15 is 0 Å². The van der Waals surface area contributed by atoms with Crippen molar-refractivity contribution in [3.63, 3.8) is 0 Å². The normalized spacial score (nSPS) is 11.9. The zero-order chi connectivity index (χ0) is 13.8. The summed E-state index contributed by atoms with van der Waals surface area (Å²) in [5, 5.41) is 22.3. The molecule has 2 rings (SSSR count). The van der Waals surface area contributed by atoms with Gasteiger partial charge in [0, 0.05) is 17.8 Å². The van der Waals surface area contributed by atoms with E-state index in [2.05, 4.69) is 10.3 Å². The molecular formula is C14H16N2O3. The van der Waals surface area contributed by atoms with Crippen LogP contribution in [0.3, 0.4) is 0 Å². The van der Waals surface area contributed by atoms with Crippen LogP contribution in [0.4, 0.5) is 5.69 Å². The Morgan fingerprint density at radius 3 is 2.74 bits per heavy atom. The Morgan fingerprint density at radius 1 is 1.26 bits per heavy atom. The largest absolute Gasteiger partial charge is 0.508 e. The second kappa shape index (κ2) is 5.48. The Hall–Kier alpha value is -2.43. The van der Waals surface area contributed by atoms with Gasteiger partial charge in [0.1, 0.15) is 11.5 Å². The SMILES string of the molecule is COc1ncccc1NC(C)c1ccc(O)cc1O. The van der Waals surface area contributed by atoms with Gasteiger partial charge >= 0.3 is 0 Å². The zero-order valence-electron chi connectivity index (χ0n) is 10.8. The molecular weight excluding hydrogens is 244 g/mol. The number of aromatic hydroxyl groups is 2. The lowest BCUT2D eigenvalue weighted by Crippen LogP contribution is -2.08. The number of aromatic nitrogens is 1. The van der Waals surface area contributed by atoms with E-state index in [0.717, 1.165) is 5.69 Å². The number of hydrogen-bond donors (Lipinski definition) is 3. The van der Waals surface area contributed by atoms with Crippen molar-refractivity contribution in [1.29, 1.82) is 0 Å². The molecule has 0 bridgehead atoms. The second-order valence-electron chi connectivity index (χ2n) is 4.17. The fourth-order valence-electron chi connectivity index (χ4n) is 1.87. The van der Waals surface area contributed by atoms with Crippen molar-refractivity contribution >= 4 is 5.69 Å². The van der Waals surface area contributed by atoms with Crippen LogP contribution >= 0.6 is 0 Å². The van der Waals surface area contributed by atoms with Crippen LogP contribution < -0.4 is 10.1 Å². The number of phenolic OH excluding ortho intramolecular Hbond substituents is 2. The van der Waals surface area contributed by atoms with Gasteiger partial charge in [0.2, 0.25) is 5.88 Å². The minimum absolute atomic E-state index is 0.0346. The Bertz CT molecular complexity index is 572. The van der Waals surface area contributed by atoms with Gasteiger partial charge in [-0.1, -0.05) is 0 Å². The molecule has 2 aromatic rings. The molecule has 0 radical (unpaired) electrons. The lowest BCUT2D eigenvalue weighted by atomic mass is 10.1. The Morgan fingerprint density at radius 2 is 2.05 bits per heavy atom. The highest BCUT2D eigenvalue weighted by Crippen LogP contribution is 2.31. The summed E-state index contributed by atoms with van der Waals surface area (Å²) in [5.74, 6) is 0.572. The molecule has 0 aliphatic heterocycles. The lowest BCUT2D eigenvalue weighted by molar-refractivity contribution is 0.399. The van der Waals surface area contributed by atoms with Crippen molar-refractivity contribution < 1.29 is 14.9 Å². The topological polar surface area (TPSA) is 74.6 Å². The quantitative estimate of drug-likeness (QED) is 0.788. The third-order valence-corrected chi connectivity index (χ3v) is 2.82. The fourth-order valence-corrected chi connectivity index (χ4v) is 1.87. The molecule has 1 heterocycles. The number of pyridine rings is 1. The molecule has 0 saturated heterocycles. The van der Waals surface area contributed by atoms with Crippen molar-refractivity contribution in [3.8, 4) is 17.4 Å². The van der Waals surface area contributed by atoms with E-state index in [1.807, 2.05) is 13.0 Å². The van der Waals surface area contributed by atoms with Gasteiger partial charge in [0.05, 0.1) is 18.8 Å².